The minimum absolute atomic E-state index is 0.0447. The van der Waals surface area contributed by atoms with Gasteiger partial charge in [0.15, 0.2) is 0 Å². The molecule has 2 bridgehead atoms. The zero-order valence-electron chi connectivity index (χ0n) is 17.0. The van der Waals surface area contributed by atoms with Gasteiger partial charge in [0, 0.05) is 30.6 Å². The van der Waals surface area contributed by atoms with Crippen LogP contribution in [0.1, 0.15) is 40.0 Å². The van der Waals surface area contributed by atoms with E-state index in [-0.39, 0.29) is 24.0 Å². The van der Waals surface area contributed by atoms with Crippen LogP contribution in [0.15, 0.2) is 50.4 Å². The Hall–Kier alpha value is -1.97. The molecule has 148 valence electrons. The van der Waals surface area contributed by atoms with E-state index in [9.17, 15) is 0 Å². The average molecular weight is 396 g/mol. The minimum Gasteiger partial charge on any atom is -0.292 e. The topological polar surface area (TPSA) is 64.1 Å². The summed E-state index contributed by atoms with van der Waals surface area (Å²) in [5.41, 5.74) is 4.48. The van der Waals surface area contributed by atoms with Gasteiger partial charge in [0.25, 0.3) is 0 Å². The van der Waals surface area contributed by atoms with Gasteiger partial charge < -0.3 is 0 Å². The number of rotatable bonds is 4. The zero-order chi connectivity index (χ0) is 19.9. The van der Waals surface area contributed by atoms with Crippen molar-refractivity contribution < 1.29 is 0 Å². The Morgan fingerprint density at radius 3 is 3.04 bits per heavy atom. The lowest BCUT2D eigenvalue weighted by atomic mass is 10.0. The smallest absolute Gasteiger partial charge is 0.228 e. The van der Waals surface area contributed by atoms with E-state index >= 15 is 0 Å². The Balaban J connectivity index is 1.78. The zero-order valence-corrected chi connectivity index (χ0v) is 17.8. The molecule has 0 amide bonds. The van der Waals surface area contributed by atoms with E-state index in [2.05, 4.69) is 71.0 Å². The SMILES string of the molecule is CCC[C@@H]1/C=C\C([C@H](C)N2CCC3C=C(C=NC(C#N)=N3)C2)=C/C(C)/N=C\S1. The Bertz CT molecular complexity index is 783. The Morgan fingerprint density at radius 2 is 2.25 bits per heavy atom. The van der Waals surface area contributed by atoms with Gasteiger partial charge in [-0.1, -0.05) is 37.6 Å². The normalized spacial score (nSPS) is 33.4. The molecule has 5 nitrogen and oxygen atoms in total. The number of aliphatic imine (C=N–C) groups is 3. The van der Waals surface area contributed by atoms with Crippen LogP contribution in [0.3, 0.4) is 0 Å². The summed E-state index contributed by atoms with van der Waals surface area (Å²) in [4.78, 5) is 15.9. The first-order chi connectivity index (χ1) is 13.6. The predicted molar refractivity (Wildman–Crippen MR) is 121 cm³/mol. The molecule has 3 heterocycles. The first-order valence-electron chi connectivity index (χ1n) is 10.1. The largest absolute Gasteiger partial charge is 0.292 e. The fraction of sp³-hybridized carbons (Fsp3) is 0.545. The van der Waals surface area contributed by atoms with Crippen LogP contribution in [0.25, 0.3) is 0 Å². The molecule has 2 unspecified atom stereocenters. The summed E-state index contributed by atoms with van der Waals surface area (Å²) in [6.45, 7) is 8.42. The molecule has 0 saturated heterocycles. The lowest BCUT2D eigenvalue weighted by molar-refractivity contribution is 0.257. The summed E-state index contributed by atoms with van der Waals surface area (Å²) < 4.78 is 0. The van der Waals surface area contributed by atoms with Crippen molar-refractivity contribution in [1.82, 2.24) is 4.90 Å². The lowest BCUT2D eigenvalue weighted by Crippen LogP contribution is -2.37. The number of hydrogen-bond acceptors (Lipinski definition) is 6. The van der Waals surface area contributed by atoms with Crippen LogP contribution in [-0.2, 0) is 0 Å². The molecule has 3 aliphatic heterocycles. The van der Waals surface area contributed by atoms with E-state index in [0.717, 1.165) is 31.5 Å². The number of thioether (sulfide) groups is 1. The number of amidine groups is 1. The highest BCUT2D eigenvalue weighted by Gasteiger charge is 2.24. The molecule has 28 heavy (non-hydrogen) atoms. The third kappa shape index (κ3) is 5.52. The second-order valence-electron chi connectivity index (χ2n) is 7.55. The molecule has 0 radical (unpaired) electrons. The van der Waals surface area contributed by atoms with E-state index in [4.69, 9.17) is 5.26 Å². The molecule has 0 aromatic heterocycles. The molecule has 0 aromatic rings. The molecule has 0 aromatic carbocycles. The second kappa shape index (κ2) is 9.99. The molecule has 6 heteroatoms. The van der Waals surface area contributed by atoms with Crippen LogP contribution >= 0.6 is 11.8 Å². The maximum Gasteiger partial charge on any atom is 0.228 e. The van der Waals surface area contributed by atoms with Gasteiger partial charge in [0.05, 0.1) is 17.6 Å². The van der Waals surface area contributed by atoms with Gasteiger partial charge in [0.2, 0.25) is 5.84 Å². The van der Waals surface area contributed by atoms with Crippen molar-refractivity contribution in [1.29, 1.82) is 5.26 Å². The fourth-order valence-corrected chi connectivity index (χ4v) is 4.65. The monoisotopic (exact) mass is 395 g/mol. The van der Waals surface area contributed by atoms with E-state index < -0.39 is 0 Å². The quantitative estimate of drug-likeness (QED) is 0.717. The fourth-order valence-electron chi connectivity index (χ4n) is 3.69. The van der Waals surface area contributed by atoms with Gasteiger partial charge in [-0.2, -0.15) is 5.26 Å². The Kier molecular flexibility index (Phi) is 7.41. The first kappa shape index (κ1) is 20.8. The van der Waals surface area contributed by atoms with Crippen LogP contribution in [0.4, 0.5) is 0 Å². The van der Waals surface area contributed by atoms with Gasteiger partial charge in [0.1, 0.15) is 6.07 Å². The highest BCUT2D eigenvalue weighted by Crippen LogP contribution is 2.24. The van der Waals surface area contributed by atoms with E-state index in [1.54, 1.807) is 6.21 Å². The highest BCUT2D eigenvalue weighted by atomic mass is 32.2. The van der Waals surface area contributed by atoms with Gasteiger partial charge in [-0.05, 0) is 37.8 Å². The number of nitrogens with zero attached hydrogens (tertiary/aromatic N) is 5. The van der Waals surface area contributed by atoms with Crippen molar-refractivity contribution in [2.45, 2.75) is 63.4 Å². The summed E-state index contributed by atoms with van der Waals surface area (Å²) in [6.07, 6.45) is 14.1. The first-order valence-corrected chi connectivity index (χ1v) is 11.1. The molecule has 0 spiro atoms. The molecule has 4 atom stereocenters. The maximum atomic E-state index is 9.12. The van der Waals surface area contributed by atoms with Crippen LogP contribution in [0.5, 0.6) is 0 Å². The van der Waals surface area contributed by atoms with Crippen LogP contribution in [0.2, 0.25) is 0 Å². The standard InChI is InChI=1S/C22H29N5S/c1-4-5-21-7-6-19(10-16(2)25-15-28-21)17(3)27-9-8-20-11-18(14-27)13-24-22(12-23)26-20/h6-7,10-11,13,15-17,20-21H,4-5,8-9,14H2,1-3H3/b7-6-,19-10+,25-15-/t16?,17-,20?,21+/m0/s1. The molecule has 0 fully saturated rings. The number of hydrogen-bond donors (Lipinski definition) is 0. The molecular formula is C22H29N5S. The predicted octanol–water partition coefficient (Wildman–Crippen LogP) is 4.20. The Labute approximate surface area is 172 Å². The van der Waals surface area contributed by atoms with Crippen LogP contribution in [0, 0.1) is 11.3 Å². The lowest BCUT2D eigenvalue weighted by Gasteiger charge is -2.30. The molecular weight excluding hydrogens is 366 g/mol. The molecule has 0 aliphatic carbocycles. The van der Waals surface area contributed by atoms with Crippen molar-refractivity contribution in [2.24, 2.45) is 15.0 Å². The maximum absolute atomic E-state index is 9.12. The average Bonchev–Trinajstić information content (AvgIpc) is 2.98. The van der Waals surface area contributed by atoms with Crippen molar-refractivity contribution in [3.05, 3.63) is 35.5 Å². The molecule has 3 rings (SSSR count). The number of nitriles is 1. The minimum atomic E-state index is 0.0447. The second-order valence-corrected chi connectivity index (χ2v) is 8.64. The third-order valence-corrected chi connectivity index (χ3v) is 6.30. The van der Waals surface area contributed by atoms with Crippen molar-refractivity contribution in [3.63, 3.8) is 0 Å². The van der Waals surface area contributed by atoms with E-state index in [1.165, 1.54) is 12.0 Å². The van der Waals surface area contributed by atoms with Crippen molar-refractivity contribution >= 4 is 29.4 Å². The molecule has 0 saturated carbocycles. The van der Waals surface area contributed by atoms with Gasteiger partial charge in [-0.3, -0.25) is 9.89 Å². The summed E-state index contributed by atoms with van der Waals surface area (Å²) in [6, 6.07) is 2.58. The van der Waals surface area contributed by atoms with Crippen molar-refractivity contribution in [2.75, 3.05) is 13.1 Å². The number of fused-ring (bicyclic) bond motifs is 1. The van der Waals surface area contributed by atoms with Crippen molar-refractivity contribution in [3.8, 4) is 6.07 Å². The molecule has 0 N–H and O–H groups in total. The molecule has 3 aliphatic rings. The van der Waals surface area contributed by atoms with E-state index in [0.29, 0.717) is 5.25 Å². The summed E-state index contributed by atoms with van der Waals surface area (Å²) >= 11 is 1.82. The summed E-state index contributed by atoms with van der Waals surface area (Å²) in [7, 11) is 0. The van der Waals surface area contributed by atoms with Crippen LogP contribution < -0.4 is 0 Å². The van der Waals surface area contributed by atoms with Gasteiger partial charge in [-0.15, -0.1) is 11.8 Å². The summed E-state index contributed by atoms with van der Waals surface area (Å²) in [5.74, 6) is 0.283. The van der Waals surface area contributed by atoms with Gasteiger partial charge in [-0.25, -0.2) is 9.98 Å². The Morgan fingerprint density at radius 1 is 1.39 bits per heavy atom. The summed E-state index contributed by atoms with van der Waals surface area (Å²) in [5, 5.41) is 9.60. The van der Waals surface area contributed by atoms with Crippen LogP contribution in [-0.4, -0.2) is 59.0 Å². The third-order valence-electron chi connectivity index (χ3n) is 5.32. The highest BCUT2D eigenvalue weighted by molar-refractivity contribution is 8.12. The van der Waals surface area contributed by atoms with E-state index in [1.807, 2.05) is 17.3 Å². The van der Waals surface area contributed by atoms with Gasteiger partial charge >= 0.3 is 0 Å².